The number of nitrogens with one attached hydrogen (secondary N) is 1. The van der Waals surface area contributed by atoms with Gasteiger partial charge in [-0.2, -0.15) is 0 Å². The summed E-state index contributed by atoms with van der Waals surface area (Å²) in [6.45, 7) is 8.75. The zero-order valence-corrected chi connectivity index (χ0v) is 19.6. The lowest BCUT2D eigenvalue weighted by molar-refractivity contribution is -0.882. The number of carbonyl (C=O) groups excluding carboxylic acids is 1. The number of carbonyl (C=O) groups is 1. The third-order valence-corrected chi connectivity index (χ3v) is 5.15. The topological polar surface area (TPSA) is 68.5 Å². The smallest absolute Gasteiger partial charge is 0.336 e. The Kier molecular flexibility index (Phi) is 9.31. The minimum Gasteiger partial charge on any atom is -0.493 e. The molecule has 0 radical (unpaired) electrons. The lowest BCUT2D eigenvalue weighted by Crippen LogP contribution is -2.48. The fourth-order valence-corrected chi connectivity index (χ4v) is 3.41. The molecule has 0 bridgehead atoms. The molecule has 0 aliphatic rings. The molecular formula is C25H37N2O4+. The highest BCUT2D eigenvalue weighted by Crippen LogP contribution is 2.28. The van der Waals surface area contributed by atoms with Crippen molar-refractivity contribution in [3.63, 3.8) is 0 Å². The van der Waals surface area contributed by atoms with Gasteiger partial charge in [-0.25, -0.2) is 4.79 Å². The Morgan fingerprint density at radius 3 is 2.61 bits per heavy atom. The van der Waals surface area contributed by atoms with Crippen molar-refractivity contribution in [2.75, 3.05) is 40.3 Å². The first kappa shape index (κ1) is 24.7. The van der Waals surface area contributed by atoms with E-state index in [-0.39, 0.29) is 11.5 Å². The molecule has 0 aliphatic carbocycles. The number of hydrogen-bond donors (Lipinski definition) is 1. The van der Waals surface area contributed by atoms with Crippen molar-refractivity contribution in [2.24, 2.45) is 0 Å². The third-order valence-electron chi connectivity index (χ3n) is 5.15. The van der Waals surface area contributed by atoms with Crippen LogP contribution in [0.1, 0.15) is 45.6 Å². The van der Waals surface area contributed by atoms with Crippen LogP contribution in [0, 0.1) is 0 Å². The highest BCUT2D eigenvalue weighted by molar-refractivity contribution is 5.82. The fourth-order valence-electron chi connectivity index (χ4n) is 3.41. The van der Waals surface area contributed by atoms with Gasteiger partial charge in [0.1, 0.15) is 11.3 Å². The Balaban J connectivity index is 2.00. The predicted octanol–water partition coefficient (Wildman–Crippen LogP) is 4.06. The lowest BCUT2D eigenvalue weighted by Gasteiger charge is -2.29. The van der Waals surface area contributed by atoms with Crippen molar-refractivity contribution in [1.82, 2.24) is 5.32 Å². The third kappa shape index (κ3) is 8.21. The number of ether oxygens (including phenoxy) is 1. The molecule has 0 unspecified atom stereocenters. The second-order valence-electron chi connectivity index (χ2n) is 8.92. The van der Waals surface area contributed by atoms with E-state index in [1.165, 1.54) is 11.6 Å². The summed E-state index contributed by atoms with van der Waals surface area (Å²) in [6.07, 6.45) is 5.64. The van der Waals surface area contributed by atoms with E-state index in [0.29, 0.717) is 29.6 Å². The van der Waals surface area contributed by atoms with Crippen molar-refractivity contribution in [1.29, 1.82) is 0 Å². The van der Waals surface area contributed by atoms with Crippen LogP contribution in [-0.4, -0.2) is 50.7 Å². The van der Waals surface area contributed by atoms with Gasteiger partial charge in [-0.15, -0.1) is 0 Å². The van der Waals surface area contributed by atoms with E-state index in [2.05, 4.69) is 32.4 Å². The summed E-state index contributed by atoms with van der Waals surface area (Å²) in [7, 11) is 4.12. The molecule has 170 valence electrons. The molecule has 6 nitrogen and oxygen atoms in total. The number of hydrogen-bond acceptors (Lipinski definition) is 4. The molecule has 1 amide bonds. The zero-order valence-electron chi connectivity index (χ0n) is 19.6. The molecule has 1 aromatic heterocycles. The molecule has 1 aromatic carbocycles. The van der Waals surface area contributed by atoms with Gasteiger partial charge in [-0.1, -0.05) is 25.0 Å². The van der Waals surface area contributed by atoms with E-state index in [0.717, 1.165) is 49.1 Å². The van der Waals surface area contributed by atoms with E-state index in [1.807, 2.05) is 26.0 Å². The van der Waals surface area contributed by atoms with Crippen LogP contribution in [-0.2, 0) is 11.2 Å². The van der Waals surface area contributed by atoms with Gasteiger partial charge >= 0.3 is 5.63 Å². The summed E-state index contributed by atoms with van der Waals surface area (Å²) in [4.78, 5) is 23.9. The number of amides is 1. The second kappa shape index (κ2) is 11.7. The number of benzene rings is 1. The first-order chi connectivity index (χ1) is 14.7. The van der Waals surface area contributed by atoms with Gasteiger partial charge in [0, 0.05) is 30.0 Å². The molecule has 0 saturated carbocycles. The van der Waals surface area contributed by atoms with Crippen LogP contribution in [0.15, 0.2) is 45.1 Å². The maximum Gasteiger partial charge on any atom is 0.336 e. The Bertz CT molecular complexity index is 956. The number of nitrogens with zero attached hydrogens (tertiary/aromatic N) is 1. The van der Waals surface area contributed by atoms with Crippen LogP contribution < -0.4 is 15.7 Å². The van der Waals surface area contributed by atoms with Crippen LogP contribution in [0.5, 0.6) is 5.75 Å². The van der Waals surface area contributed by atoms with Crippen molar-refractivity contribution in [3.05, 3.63) is 51.9 Å². The van der Waals surface area contributed by atoms with Gasteiger partial charge in [-0.3, -0.25) is 4.79 Å². The number of quaternary nitrogens is 1. The van der Waals surface area contributed by atoms with Crippen LogP contribution in [0.2, 0.25) is 0 Å². The first-order valence-corrected chi connectivity index (χ1v) is 11.1. The van der Waals surface area contributed by atoms with E-state index in [1.54, 1.807) is 6.07 Å². The summed E-state index contributed by atoms with van der Waals surface area (Å²) < 4.78 is 12.2. The molecule has 0 spiro atoms. The molecule has 1 N–H and O–H groups in total. The summed E-state index contributed by atoms with van der Waals surface area (Å²) in [6, 6.07) is 7.08. The van der Waals surface area contributed by atoms with Crippen molar-refractivity contribution in [3.8, 4) is 5.75 Å². The average molecular weight is 430 g/mol. The quantitative estimate of drug-likeness (QED) is 0.239. The molecule has 0 atom stereocenters. The lowest BCUT2D eigenvalue weighted by atomic mass is 10.1. The fraction of sp³-hybridized carbons (Fsp3) is 0.520. The molecule has 6 heteroatoms. The Morgan fingerprint density at radius 2 is 1.90 bits per heavy atom. The molecular weight excluding hydrogens is 392 g/mol. The number of allylic oxidation sites excluding steroid dienone is 2. The van der Waals surface area contributed by atoms with Gasteiger partial charge in [0.25, 0.3) is 5.91 Å². The Labute approximate surface area is 185 Å². The number of fused-ring (bicyclic) bond motifs is 1. The highest BCUT2D eigenvalue weighted by Gasteiger charge is 2.19. The molecule has 31 heavy (non-hydrogen) atoms. The van der Waals surface area contributed by atoms with Crippen molar-refractivity contribution >= 4 is 16.9 Å². The van der Waals surface area contributed by atoms with E-state index in [9.17, 15) is 9.59 Å². The van der Waals surface area contributed by atoms with Gasteiger partial charge in [-0.05, 0) is 44.9 Å². The summed E-state index contributed by atoms with van der Waals surface area (Å²) in [5.74, 6) is 0.829. The molecule has 2 aromatic rings. The monoisotopic (exact) mass is 429 g/mol. The van der Waals surface area contributed by atoms with Crippen molar-refractivity contribution in [2.45, 2.75) is 46.5 Å². The Morgan fingerprint density at radius 1 is 1.16 bits per heavy atom. The SMILES string of the molecule is CCCCNC(=O)C[N+](C)(C)CCCOc1ccc2ccc(=O)oc2c1CC=C(C)C. The van der Waals surface area contributed by atoms with Crippen molar-refractivity contribution < 1.29 is 18.4 Å². The first-order valence-electron chi connectivity index (χ1n) is 11.1. The number of unbranched alkanes of at least 4 members (excludes halogenated alkanes) is 1. The summed E-state index contributed by atoms with van der Waals surface area (Å²) in [5.41, 5.74) is 2.31. The van der Waals surface area contributed by atoms with Gasteiger partial charge in [0.2, 0.25) is 0 Å². The van der Waals surface area contributed by atoms with Gasteiger partial charge in [0.05, 0.1) is 27.2 Å². The maximum atomic E-state index is 12.1. The number of likely N-dealkylation sites (N-methyl/N-ethyl adjacent to an activating group) is 1. The van der Waals surface area contributed by atoms with E-state index >= 15 is 0 Å². The minimum absolute atomic E-state index is 0.0907. The number of rotatable bonds is 12. The summed E-state index contributed by atoms with van der Waals surface area (Å²) in [5, 5.41) is 3.87. The minimum atomic E-state index is -0.362. The van der Waals surface area contributed by atoms with Crippen LogP contribution in [0.3, 0.4) is 0 Å². The van der Waals surface area contributed by atoms with Gasteiger partial charge < -0.3 is 19.0 Å². The van der Waals surface area contributed by atoms with Crippen LogP contribution >= 0.6 is 0 Å². The normalized spacial score (nSPS) is 11.4. The molecule has 0 fully saturated rings. The maximum absolute atomic E-state index is 12.1. The molecule has 1 heterocycles. The zero-order chi connectivity index (χ0) is 22.9. The highest BCUT2D eigenvalue weighted by atomic mass is 16.5. The molecule has 0 aliphatic heterocycles. The van der Waals surface area contributed by atoms with Crippen LogP contribution in [0.4, 0.5) is 0 Å². The summed E-state index contributed by atoms with van der Waals surface area (Å²) >= 11 is 0. The molecule has 0 saturated heterocycles. The standard InChI is InChI=1S/C25H36N2O4/c1-6-7-15-26-23(28)18-27(4,5)16-8-17-30-22-13-10-20-11-14-24(29)31-25(20)21(22)12-9-19(2)3/h9-11,13-14H,6-8,12,15-18H2,1-5H3/p+1. The second-order valence-corrected chi connectivity index (χ2v) is 8.92. The van der Waals surface area contributed by atoms with E-state index in [4.69, 9.17) is 9.15 Å². The Hall–Kier alpha value is -2.60. The molecule has 2 rings (SSSR count). The van der Waals surface area contributed by atoms with E-state index < -0.39 is 0 Å². The van der Waals surface area contributed by atoms with Gasteiger partial charge in [0.15, 0.2) is 6.54 Å². The largest absolute Gasteiger partial charge is 0.493 e. The average Bonchev–Trinajstić information content (AvgIpc) is 2.69. The van der Waals surface area contributed by atoms with Crippen LogP contribution in [0.25, 0.3) is 11.0 Å². The predicted molar refractivity (Wildman–Crippen MR) is 125 cm³/mol.